The van der Waals surface area contributed by atoms with Crippen molar-refractivity contribution in [1.29, 1.82) is 0 Å². The van der Waals surface area contributed by atoms with E-state index in [0.717, 1.165) is 3.57 Å². The number of halogens is 2. The van der Waals surface area contributed by atoms with E-state index in [9.17, 15) is 14.5 Å². The zero-order chi connectivity index (χ0) is 10.3. The van der Waals surface area contributed by atoms with Gasteiger partial charge in [-0.1, -0.05) is 0 Å². The highest BCUT2D eigenvalue weighted by Crippen LogP contribution is 2.35. The fourth-order valence-electron chi connectivity index (χ4n) is 1.21. The first-order valence-corrected chi connectivity index (χ1v) is 5.56. The highest BCUT2D eigenvalue weighted by atomic mass is 127. The molecule has 0 saturated heterocycles. The number of hydrogen-bond acceptors (Lipinski definition) is 3. The van der Waals surface area contributed by atoms with Crippen molar-refractivity contribution in [3.05, 3.63) is 37.0 Å². The topological polar surface area (TPSA) is 43.1 Å². The summed E-state index contributed by atoms with van der Waals surface area (Å²) in [7, 11) is 0. The van der Waals surface area contributed by atoms with Crippen LogP contribution in [0.25, 0.3) is 10.1 Å². The Morgan fingerprint density at radius 2 is 2.21 bits per heavy atom. The predicted molar refractivity (Wildman–Crippen MR) is 61.2 cm³/mol. The molecular formula is C8H3FINO2S. The molecule has 0 aliphatic rings. The maximum absolute atomic E-state index is 13.2. The second kappa shape index (κ2) is 3.43. The van der Waals surface area contributed by atoms with Gasteiger partial charge in [-0.2, -0.15) is 0 Å². The van der Waals surface area contributed by atoms with Crippen LogP contribution in [0.4, 0.5) is 10.1 Å². The number of non-ortho nitro benzene ring substituents is 1. The van der Waals surface area contributed by atoms with E-state index in [2.05, 4.69) is 0 Å². The van der Waals surface area contributed by atoms with Crippen molar-refractivity contribution in [3.8, 4) is 0 Å². The maximum Gasteiger partial charge on any atom is 0.281 e. The molecule has 0 fully saturated rings. The van der Waals surface area contributed by atoms with E-state index < -0.39 is 10.7 Å². The summed E-state index contributed by atoms with van der Waals surface area (Å²) >= 11 is 3.22. The molecule has 0 aliphatic carbocycles. The van der Waals surface area contributed by atoms with Crippen LogP contribution in [-0.4, -0.2) is 4.92 Å². The van der Waals surface area contributed by atoms with Gasteiger partial charge in [0.1, 0.15) is 11.2 Å². The number of rotatable bonds is 1. The van der Waals surface area contributed by atoms with E-state index in [4.69, 9.17) is 0 Å². The van der Waals surface area contributed by atoms with Crippen LogP contribution in [0.5, 0.6) is 0 Å². The monoisotopic (exact) mass is 323 g/mol. The lowest BCUT2D eigenvalue weighted by molar-refractivity contribution is -0.383. The lowest BCUT2D eigenvalue weighted by Crippen LogP contribution is -1.89. The molecule has 0 radical (unpaired) electrons. The Morgan fingerprint density at radius 1 is 1.50 bits per heavy atom. The number of benzene rings is 1. The summed E-state index contributed by atoms with van der Waals surface area (Å²) in [5.74, 6) is -0.518. The van der Waals surface area contributed by atoms with Crippen LogP contribution >= 0.6 is 33.9 Å². The Balaban J connectivity index is 2.92. The van der Waals surface area contributed by atoms with E-state index in [0.29, 0.717) is 4.70 Å². The van der Waals surface area contributed by atoms with E-state index in [1.54, 1.807) is 6.07 Å². The number of nitro groups is 1. The fourth-order valence-corrected chi connectivity index (χ4v) is 2.89. The number of fused-ring (bicyclic) bond motifs is 1. The molecule has 1 heterocycles. The Morgan fingerprint density at radius 3 is 2.86 bits per heavy atom. The summed E-state index contributed by atoms with van der Waals surface area (Å²) in [4.78, 5) is 10.1. The van der Waals surface area contributed by atoms with Crippen molar-refractivity contribution >= 4 is 49.7 Å². The van der Waals surface area contributed by atoms with Crippen molar-refractivity contribution in [2.24, 2.45) is 0 Å². The molecule has 14 heavy (non-hydrogen) atoms. The van der Waals surface area contributed by atoms with E-state index in [1.807, 2.05) is 22.6 Å². The molecule has 0 amide bonds. The maximum atomic E-state index is 13.2. The summed E-state index contributed by atoms with van der Waals surface area (Å²) in [6.07, 6.45) is 0. The van der Waals surface area contributed by atoms with Gasteiger partial charge in [-0.25, -0.2) is 4.39 Å². The fraction of sp³-hybridized carbons (Fsp3) is 0. The van der Waals surface area contributed by atoms with Gasteiger partial charge in [0.15, 0.2) is 0 Å². The molecule has 1 aromatic heterocycles. The number of hydrogen-bond donors (Lipinski definition) is 0. The largest absolute Gasteiger partial charge is 0.281 e. The average Bonchev–Trinajstić information content (AvgIpc) is 2.50. The van der Waals surface area contributed by atoms with Gasteiger partial charge in [0, 0.05) is 15.0 Å². The Kier molecular flexibility index (Phi) is 2.40. The minimum absolute atomic E-state index is 0.118. The molecule has 0 bridgehead atoms. The van der Waals surface area contributed by atoms with Gasteiger partial charge in [-0.3, -0.25) is 10.1 Å². The Hall–Kier alpha value is -0.760. The number of nitro benzene ring substituents is 1. The van der Waals surface area contributed by atoms with Gasteiger partial charge >= 0.3 is 0 Å². The summed E-state index contributed by atoms with van der Waals surface area (Å²) in [5, 5.41) is 12.0. The smallest absolute Gasteiger partial charge is 0.258 e. The summed E-state index contributed by atoms with van der Waals surface area (Å²) in [5.41, 5.74) is -0.167. The average molecular weight is 323 g/mol. The summed E-state index contributed by atoms with van der Waals surface area (Å²) in [6, 6.07) is 2.96. The van der Waals surface area contributed by atoms with Gasteiger partial charge in [-0.15, -0.1) is 11.3 Å². The van der Waals surface area contributed by atoms with E-state index in [1.165, 1.54) is 22.8 Å². The van der Waals surface area contributed by atoms with Gasteiger partial charge < -0.3 is 0 Å². The van der Waals surface area contributed by atoms with E-state index >= 15 is 0 Å². The van der Waals surface area contributed by atoms with Crippen LogP contribution in [0, 0.1) is 19.5 Å². The zero-order valence-electron chi connectivity index (χ0n) is 6.66. The molecular weight excluding hydrogens is 320 g/mol. The molecule has 2 aromatic rings. The molecule has 3 nitrogen and oxygen atoms in total. The first kappa shape index (κ1) is 9.78. The van der Waals surface area contributed by atoms with Gasteiger partial charge in [0.05, 0.1) is 9.62 Å². The van der Waals surface area contributed by atoms with Crippen LogP contribution in [-0.2, 0) is 0 Å². The first-order chi connectivity index (χ1) is 6.61. The number of thiophene rings is 1. The van der Waals surface area contributed by atoms with Crippen molar-refractivity contribution in [2.45, 2.75) is 0 Å². The highest BCUT2D eigenvalue weighted by molar-refractivity contribution is 14.1. The minimum atomic E-state index is -0.561. The zero-order valence-corrected chi connectivity index (χ0v) is 9.63. The standard InChI is InChI=1S/C8H3FINO2S/c9-4-3-14-8-5(10)1-2-6(7(4)8)11(12)13/h1-3H. The van der Waals surface area contributed by atoms with Crippen molar-refractivity contribution in [2.75, 3.05) is 0 Å². The third-order valence-corrected chi connectivity index (χ3v) is 4.05. The second-order valence-electron chi connectivity index (χ2n) is 2.61. The lowest BCUT2D eigenvalue weighted by atomic mass is 10.2. The normalized spacial score (nSPS) is 10.7. The summed E-state index contributed by atoms with van der Waals surface area (Å²) < 4.78 is 14.7. The number of nitrogens with zero attached hydrogens (tertiary/aromatic N) is 1. The molecule has 0 aliphatic heterocycles. The molecule has 0 saturated carbocycles. The molecule has 72 valence electrons. The lowest BCUT2D eigenvalue weighted by Gasteiger charge is -1.95. The van der Waals surface area contributed by atoms with Crippen molar-refractivity contribution < 1.29 is 9.31 Å². The van der Waals surface area contributed by atoms with Crippen LogP contribution in [0.1, 0.15) is 0 Å². The van der Waals surface area contributed by atoms with Crippen LogP contribution < -0.4 is 0 Å². The van der Waals surface area contributed by atoms with Gasteiger partial charge in [-0.05, 0) is 28.7 Å². The minimum Gasteiger partial charge on any atom is -0.258 e. The molecule has 1 aromatic carbocycles. The molecule has 6 heteroatoms. The molecule has 0 N–H and O–H groups in total. The first-order valence-electron chi connectivity index (χ1n) is 3.61. The Bertz CT molecular complexity index is 525. The quantitative estimate of drug-likeness (QED) is 0.458. The molecule has 0 spiro atoms. The van der Waals surface area contributed by atoms with E-state index in [-0.39, 0.29) is 11.1 Å². The van der Waals surface area contributed by atoms with Gasteiger partial charge in [0.2, 0.25) is 0 Å². The van der Waals surface area contributed by atoms with Crippen LogP contribution in [0.3, 0.4) is 0 Å². The Labute approximate surface area is 95.8 Å². The van der Waals surface area contributed by atoms with Crippen molar-refractivity contribution in [3.63, 3.8) is 0 Å². The molecule has 0 atom stereocenters. The molecule has 0 unspecified atom stereocenters. The SMILES string of the molecule is O=[N+]([O-])c1ccc(I)c2scc(F)c12. The van der Waals surface area contributed by atoms with Crippen molar-refractivity contribution in [1.82, 2.24) is 0 Å². The highest BCUT2D eigenvalue weighted by Gasteiger charge is 2.18. The summed E-state index contributed by atoms with van der Waals surface area (Å²) in [6.45, 7) is 0. The van der Waals surface area contributed by atoms with Gasteiger partial charge in [0.25, 0.3) is 5.69 Å². The molecule has 2 rings (SSSR count). The third kappa shape index (κ3) is 1.38. The second-order valence-corrected chi connectivity index (χ2v) is 4.65. The van der Waals surface area contributed by atoms with Crippen LogP contribution in [0.15, 0.2) is 17.5 Å². The van der Waals surface area contributed by atoms with Crippen LogP contribution in [0.2, 0.25) is 0 Å². The third-order valence-electron chi connectivity index (χ3n) is 1.80. The predicted octanol–water partition coefficient (Wildman–Crippen LogP) is 3.55.